The van der Waals surface area contributed by atoms with Crippen LogP contribution in [0.15, 0.2) is 18.2 Å². The second kappa shape index (κ2) is 6.49. The van der Waals surface area contributed by atoms with Crippen molar-refractivity contribution < 1.29 is 13.4 Å². The minimum atomic E-state index is -1.00. The molecule has 0 aliphatic carbocycles. The number of benzene rings is 1. The summed E-state index contributed by atoms with van der Waals surface area (Å²) in [5.74, 6) is -0.455. The zero-order valence-electron chi connectivity index (χ0n) is 10.4. The number of hydrogen-bond donors (Lipinski definition) is 2. The smallest absolute Gasteiger partial charge is 0.225 e. The number of nitrogens with two attached hydrogens (primary N) is 1. The first-order valence-electron chi connectivity index (χ1n) is 5.62. The van der Waals surface area contributed by atoms with Gasteiger partial charge >= 0.3 is 0 Å². The van der Waals surface area contributed by atoms with Gasteiger partial charge in [0.05, 0.1) is 5.69 Å². The van der Waals surface area contributed by atoms with Gasteiger partial charge in [0.25, 0.3) is 0 Å². The van der Waals surface area contributed by atoms with Crippen molar-refractivity contribution in [2.24, 2.45) is 0 Å². The molecule has 1 aromatic carbocycles. The molecule has 4 nitrogen and oxygen atoms in total. The largest absolute Gasteiger partial charge is 0.396 e. The Morgan fingerprint density at radius 3 is 2.72 bits per heavy atom. The summed E-state index contributed by atoms with van der Waals surface area (Å²) in [4.78, 5) is 11.6. The number of carbonyl (C=O) groups excluding carboxylic acids is 1. The predicted octanol–water partition coefficient (Wildman–Crippen LogP) is 1.89. The third kappa shape index (κ3) is 4.44. The van der Waals surface area contributed by atoms with Gasteiger partial charge in [0.2, 0.25) is 5.91 Å². The molecule has 1 atom stereocenters. The van der Waals surface area contributed by atoms with E-state index in [1.54, 1.807) is 0 Å². The Bertz CT molecular complexity index is 463. The normalized spacial score (nSPS) is 12.4. The average molecular weight is 272 g/mol. The van der Waals surface area contributed by atoms with E-state index in [-0.39, 0.29) is 23.3 Å². The lowest BCUT2D eigenvalue weighted by Gasteiger charge is -2.07. The number of hydrogen-bond acceptors (Lipinski definition) is 3. The lowest BCUT2D eigenvalue weighted by Crippen LogP contribution is -2.18. The second-order valence-electron chi connectivity index (χ2n) is 4.17. The number of halogens is 1. The van der Waals surface area contributed by atoms with Crippen molar-refractivity contribution in [3.63, 3.8) is 0 Å². The van der Waals surface area contributed by atoms with Gasteiger partial charge in [0, 0.05) is 33.9 Å². The number of nitrogens with one attached hydrogen (secondary N) is 1. The maximum atomic E-state index is 12.9. The monoisotopic (exact) mass is 272 g/mol. The standard InChI is InChI=1S/C12H17FN2O2S/c1-8(2)18(17)6-5-12(16)15-9-3-4-10(13)11(14)7-9/h3-4,7-8H,5-6,14H2,1-2H3,(H,15,16). The summed E-state index contributed by atoms with van der Waals surface area (Å²) in [5, 5.41) is 2.63. The molecule has 0 saturated carbocycles. The van der Waals surface area contributed by atoms with Crippen LogP contribution in [-0.2, 0) is 15.6 Å². The molecule has 0 spiro atoms. The zero-order chi connectivity index (χ0) is 13.7. The summed E-state index contributed by atoms with van der Waals surface area (Å²) < 4.78 is 24.4. The SMILES string of the molecule is CC(C)S(=O)CCC(=O)Nc1ccc(F)c(N)c1. The van der Waals surface area contributed by atoms with Crippen LogP contribution < -0.4 is 11.1 Å². The fourth-order valence-corrected chi connectivity index (χ4v) is 2.13. The fraction of sp³-hybridized carbons (Fsp3) is 0.417. The molecular weight excluding hydrogens is 255 g/mol. The number of amides is 1. The van der Waals surface area contributed by atoms with E-state index in [0.29, 0.717) is 11.4 Å². The van der Waals surface area contributed by atoms with Gasteiger partial charge in [-0.15, -0.1) is 0 Å². The van der Waals surface area contributed by atoms with Gasteiger partial charge < -0.3 is 11.1 Å². The van der Waals surface area contributed by atoms with Gasteiger partial charge in [-0.05, 0) is 18.2 Å². The Morgan fingerprint density at radius 2 is 2.17 bits per heavy atom. The summed E-state index contributed by atoms with van der Waals surface area (Å²) in [5.41, 5.74) is 5.81. The molecule has 3 N–H and O–H groups in total. The van der Waals surface area contributed by atoms with Gasteiger partial charge in [-0.25, -0.2) is 4.39 Å². The Morgan fingerprint density at radius 1 is 1.50 bits per heavy atom. The van der Waals surface area contributed by atoms with Crippen molar-refractivity contribution >= 4 is 28.1 Å². The Balaban J connectivity index is 2.49. The van der Waals surface area contributed by atoms with Crippen molar-refractivity contribution in [2.45, 2.75) is 25.5 Å². The summed E-state index contributed by atoms with van der Waals surface area (Å²) in [7, 11) is -1.00. The molecule has 1 rings (SSSR count). The molecule has 0 saturated heterocycles. The van der Waals surface area contributed by atoms with Crippen LogP contribution >= 0.6 is 0 Å². The molecule has 0 fully saturated rings. The number of rotatable bonds is 5. The van der Waals surface area contributed by atoms with Gasteiger partial charge in [-0.1, -0.05) is 13.8 Å². The van der Waals surface area contributed by atoms with Crippen molar-refractivity contribution in [3.8, 4) is 0 Å². The molecule has 18 heavy (non-hydrogen) atoms. The zero-order valence-corrected chi connectivity index (χ0v) is 11.2. The molecule has 0 aliphatic heterocycles. The lowest BCUT2D eigenvalue weighted by atomic mass is 10.2. The van der Waals surface area contributed by atoms with Crippen LogP contribution in [0.4, 0.5) is 15.8 Å². The highest BCUT2D eigenvalue weighted by molar-refractivity contribution is 7.85. The molecule has 1 amide bonds. The molecular formula is C12H17FN2O2S. The van der Waals surface area contributed by atoms with E-state index in [2.05, 4.69) is 5.32 Å². The Kier molecular flexibility index (Phi) is 5.27. The third-order valence-corrected chi connectivity index (χ3v) is 3.99. The van der Waals surface area contributed by atoms with E-state index in [1.807, 2.05) is 13.8 Å². The minimum Gasteiger partial charge on any atom is -0.396 e. The molecule has 1 unspecified atom stereocenters. The molecule has 0 heterocycles. The summed E-state index contributed by atoms with van der Waals surface area (Å²) in [6, 6.07) is 3.98. The highest BCUT2D eigenvalue weighted by Crippen LogP contribution is 2.16. The van der Waals surface area contributed by atoms with E-state index >= 15 is 0 Å². The van der Waals surface area contributed by atoms with Crippen LogP contribution in [0, 0.1) is 5.82 Å². The van der Waals surface area contributed by atoms with Crippen LogP contribution in [-0.4, -0.2) is 21.1 Å². The molecule has 0 aliphatic rings. The van der Waals surface area contributed by atoms with E-state index in [9.17, 15) is 13.4 Å². The summed E-state index contributed by atoms with van der Waals surface area (Å²) in [6.07, 6.45) is 0.169. The van der Waals surface area contributed by atoms with Crippen molar-refractivity contribution in [1.29, 1.82) is 0 Å². The average Bonchev–Trinajstić information content (AvgIpc) is 2.30. The van der Waals surface area contributed by atoms with E-state index in [0.717, 1.165) is 0 Å². The van der Waals surface area contributed by atoms with Crippen LogP contribution in [0.25, 0.3) is 0 Å². The van der Waals surface area contributed by atoms with Crippen molar-refractivity contribution in [2.75, 3.05) is 16.8 Å². The summed E-state index contributed by atoms with van der Waals surface area (Å²) >= 11 is 0. The lowest BCUT2D eigenvalue weighted by molar-refractivity contribution is -0.115. The first-order chi connectivity index (χ1) is 8.40. The van der Waals surface area contributed by atoms with Gasteiger partial charge in [-0.2, -0.15) is 0 Å². The highest BCUT2D eigenvalue weighted by Gasteiger charge is 2.09. The first kappa shape index (κ1) is 14.6. The third-order valence-electron chi connectivity index (χ3n) is 2.34. The van der Waals surface area contributed by atoms with Crippen LogP contribution in [0.3, 0.4) is 0 Å². The van der Waals surface area contributed by atoms with E-state index in [4.69, 9.17) is 5.73 Å². The number of nitrogen functional groups attached to an aromatic ring is 1. The van der Waals surface area contributed by atoms with Crippen molar-refractivity contribution in [1.82, 2.24) is 0 Å². The van der Waals surface area contributed by atoms with E-state index in [1.165, 1.54) is 18.2 Å². The van der Waals surface area contributed by atoms with Crippen molar-refractivity contribution in [3.05, 3.63) is 24.0 Å². The summed E-state index contributed by atoms with van der Waals surface area (Å²) in [6.45, 7) is 3.68. The quantitative estimate of drug-likeness (QED) is 0.804. The number of carbonyl (C=O) groups is 1. The first-order valence-corrected chi connectivity index (χ1v) is 7.00. The molecule has 100 valence electrons. The molecule has 0 radical (unpaired) electrons. The fourth-order valence-electron chi connectivity index (χ4n) is 1.27. The number of anilines is 2. The van der Waals surface area contributed by atoms with E-state index < -0.39 is 16.6 Å². The predicted molar refractivity (Wildman–Crippen MR) is 72.2 cm³/mol. The van der Waals surface area contributed by atoms with Crippen LogP contribution in [0.2, 0.25) is 0 Å². The van der Waals surface area contributed by atoms with Crippen LogP contribution in [0.5, 0.6) is 0 Å². The van der Waals surface area contributed by atoms with Gasteiger partial charge in [0.1, 0.15) is 5.82 Å². The molecule has 6 heteroatoms. The van der Waals surface area contributed by atoms with Crippen LogP contribution in [0.1, 0.15) is 20.3 Å². The molecule has 0 aromatic heterocycles. The van der Waals surface area contributed by atoms with Gasteiger partial charge in [0.15, 0.2) is 0 Å². The Hall–Kier alpha value is -1.43. The molecule has 0 bridgehead atoms. The molecule has 1 aromatic rings. The maximum Gasteiger partial charge on any atom is 0.225 e. The maximum absolute atomic E-state index is 12.9. The highest BCUT2D eigenvalue weighted by atomic mass is 32.2. The Labute approximate surface area is 108 Å². The topological polar surface area (TPSA) is 72.2 Å². The van der Waals surface area contributed by atoms with Gasteiger partial charge in [-0.3, -0.25) is 9.00 Å². The minimum absolute atomic E-state index is 0.0152. The second-order valence-corrected chi connectivity index (χ2v) is 6.28.